The zero-order valence-corrected chi connectivity index (χ0v) is 23.2. The fourth-order valence-corrected chi connectivity index (χ4v) is 6.52. The van der Waals surface area contributed by atoms with Crippen LogP contribution < -0.4 is 4.90 Å². The first kappa shape index (κ1) is 23.8. The van der Waals surface area contributed by atoms with E-state index in [-0.39, 0.29) is 0 Å². The number of fused-ring (bicyclic) bond motifs is 8. The van der Waals surface area contributed by atoms with Crippen molar-refractivity contribution < 1.29 is 4.42 Å². The quantitative estimate of drug-likeness (QED) is 0.218. The van der Waals surface area contributed by atoms with Crippen LogP contribution in [0.5, 0.6) is 0 Å². The van der Waals surface area contributed by atoms with E-state index in [0.29, 0.717) is 0 Å². The van der Waals surface area contributed by atoms with E-state index in [4.69, 9.17) is 9.40 Å². The van der Waals surface area contributed by atoms with E-state index in [1.54, 1.807) is 0 Å². The summed E-state index contributed by atoms with van der Waals surface area (Å²) in [5.41, 5.74) is 9.03. The second-order valence-electron chi connectivity index (χ2n) is 10.8. The average Bonchev–Trinajstić information content (AvgIpc) is 3.63. The molecule has 0 N–H and O–H groups in total. The van der Waals surface area contributed by atoms with E-state index >= 15 is 0 Å². The molecule has 0 saturated heterocycles. The van der Waals surface area contributed by atoms with Crippen molar-refractivity contribution in [2.45, 2.75) is 0 Å². The fourth-order valence-electron chi connectivity index (χ4n) is 6.52. The number of anilines is 3. The molecule has 0 aliphatic rings. The second-order valence-corrected chi connectivity index (χ2v) is 10.8. The highest BCUT2D eigenvalue weighted by Gasteiger charge is 2.20. The van der Waals surface area contributed by atoms with Gasteiger partial charge in [0.15, 0.2) is 5.58 Å². The SMILES string of the molecule is c1ccc(N(c2ccc(-n3c4ccccc4c4ccc5ccccc5c43)cc2)c2ccnc3c2oc2ccccc23)cc1. The van der Waals surface area contributed by atoms with E-state index in [1.807, 2.05) is 36.5 Å². The molecule has 0 bridgehead atoms. The molecule has 202 valence electrons. The van der Waals surface area contributed by atoms with E-state index < -0.39 is 0 Å². The number of furan rings is 1. The number of nitrogens with zero attached hydrogens (tertiary/aromatic N) is 3. The van der Waals surface area contributed by atoms with Gasteiger partial charge >= 0.3 is 0 Å². The first-order chi connectivity index (χ1) is 21.3. The van der Waals surface area contributed by atoms with Gasteiger partial charge in [0.2, 0.25) is 0 Å². The number of hydrogen-bond donors (Lipinski definition) is 0. The molecule has 0 aliphatic carbocycles. The molecule has 4 heteroatoms. The van der Waals surface area contributed by atoms with Crippen LogP contribution in [0.3, 0.4) is 0 Å². The van der Waals surface area contributed by atoms with Crippen molar-refractivity contribution in [3.63, 3.8) is 0 Å². The Labute approximate surface area is 247 Å². The standard InChI is InChI=1S/C39H25N3O/c1-2-11-27(12-3-1)41(35-24-25-40-37-33-15-7-9-17-36(33)43-39(35)37)28-19-21-29(22-20-28)42-34-16-8-6-14-31(34)32-23-18-26-10-4-5-13-30(26)38(32)42/h1-25H. The lowest BCUT2D eigenvalue weighted by molar-refractivity contribution is 0.668. The Bertz CT molecular complexity index is 2450. The summed E-state index contributed by atoms with van der Waals surface area (Å²) in [5, 5.41) is 6.01. The Morgan fingerprint density at radius 1 is 0.535 bits per heavy atom. The predicted molar refractivity (Wildman–Crippen MR) is 178 cm³/mol. The van der Waals surface area contributed by atoms with Gasteiger partial charge in [0.05, 0.1) is 16.7 Å². The number of hydrogen-bond acceptors (Lipinski definition) is 3. The van der Waals surface area contributed by atoms with Crippen molar-refractivity contribution in [2.75, 3.05) is 4.90 Å². The summed E-state index contributed by atoms with van der Waals surface area (Å²) in [7, 11) is 0. The van der Waals surface area contributed by atoms with Crippen molar-refractivity contribution in [2.24, 2.45) is 0 Å². The lowest BCUT2D eigenvalue weighted by Gasteiger charge is -2.25. The van der Waals surface area contributed by atoms with Gasteiger partial charge in [-0.05, 0) is 66.0 Å². The summed E-state index contributed by atoms with van der Waals surface area (Å²) >= 11 is 0. The molecule has 0 unspecified atom stereocenters. The van der Waals surface area contributed by atoms with Crippen LogP contribution in [0, 0.1) is 0 Å². The normalized spacial score (nSPS) is 11.7. The highest BCUT2D eigenvalue weighted by atomic mass is 16.3. The van der Waals surface area contributed by atoms with Crippen LogP contribution in [0.15, 0.2) is 156 Å². The molecule has 3 heterocycles. The van der Waals surface area contributed by atoms with Crippen molar-refractivity contribution in [3.05, 3.63) is 152 Å². The minimum atomic E-state index is 0.769. The first-order valence-corrected chi connectivity index (χ1v) is 14.5. The van der Waals surface area contributed by atoms with Gasteiger partial charge in [0.1, 0.15) is 11.1 Å². The molecule has 9 rings (SSSR count). The minimum Gasteiger partial charge on any atom is -0.452 e. The minimum absolute atomic E-state index is 0.769. The Hall–Kier alpha value is -5.87. The molecule has 6 aromatic carbocycles. The molecule has 3 aromatic heterocycles. The maximum atomic E-state index is 6.42. The van der Waals surface area contributed by atoms with Gasteiger partial charge in [-0.1, -0.05) is 84.9 Å². The number of para-hydroxylation sites is 3. The summed E-state index contributed by atoms with van der Waals surface area (Å²) in [4.78, 5) is 6.95. The van der Waals surface area contributed by atoms with Crippen LogP contribution in [0.25, 0.3) is 60.3 Å². The summed E-state index contributed by atoms with van der Waals surface area (Å²) in [5.74, 6) is 0. The molecule has 0 aliphatic heterocycles. The molecule has 0 spiro atoms. The molecular formula is C39H25N3O. The van der Waals surface area contributed by atoms with E-state index in [2.05, 4.69) is 125 Å². The number of aromatic nitrogens is 2. The van der Waals surface area contributed by atoms with Crippen molar-refractivity contribution >= 4 is 71.7 Å². The molecular weight excluding hydrogens is 526 g/mol. The molecule has 0 radical (unpaired) electrons. The smallest absolute Gasteiger partial charge is 0.177 e. The van der Waals surface area contributed by atoms with Crippen molar-refractivity contribution in [1.82, 2.24) is 9.55 Å². The largest absolute Gasteiger partial charge is 0.452 e. The maximum Gasteiger partial charge on any atom is 0.177 e. The van der Waals surface area contributed by atoms with Gasteiger partial charge in [-0.3, -0.25) is 4.98 Å². The molecule has 0 amide bonds. The topological polar surface area (TPSA) is 34.2 Å². The summed E-state index contributed by atoms with van der Waals surface area (Å²) in [6, 6.07) is 51.2. The Balaban J connectivity index is 1.26. The predicted octanol–water partition coefficient (Wildman–Crippen LogP) is 10.7. The zero-order chi connectivity index (χ0) is 28.3. The van der Waals surface area contributed by atoms with Gasteiger partial charge in [-0.25, -0.2) is 0 Å². The Kier molecular flexibility index (Phi) is 5.16. The highest BCUT2D eigenvalue weighted by Crippen LogP contribution is 2.42. The fraction of sp³-hybridized carbons (Fsp3) is 0. The molecule has 9 aromatic rings. The van der Waals surface area contributed by atoms with Crippen molar-refractivity contribution in [3.8, 4) is 5.69 Å². The molecule has 0 atom stereocenters. The van der Waals surface area contributed by atoms with E-state index in [1.165, 1.54) is 32.6 Å². The average molecular weight is 552 g/mol. The van der Waals surface area contributed by atoms with Gasteiger partial charge in [0, 0.05) is 44.8 Å². The summed E-state index contributed by atoms with van der Waals surface area (Å²) in [6.07, 6.45) is 1.87. The number of pyridine rings is 1. The van der Waals surface area contributed by atoms with Gasteiger partial charge < -0.3 is 13.9 Å². The van der Waals surface area contributed by atoms with Crippen LogP contribution in [-0.4, -0.2) is 9.55 Å². The van der Waals surface area contributed by atoms with Crippen LogP contribution >= 0.6 is 0 Å². The number of benzene rings is 6. The number of rotatable bonds is 4. The third kappa shape index (κ3) is 3.60. The van der Waals surface area contributed by atoms with Gasteiger partial charge in [-0.2, -0.15) is 0 Å². The summed E-state index contributed by atoms with van der Waals surface area (Å²) in [6.45, 7) is 0. The lowest BCUT2D eigenvalue weighted by atomic mass is 10.1. The van der Waals surface area contributed by atoms with Crippen LogP contribution in [-0.2, 0) is 0 Å². The Morgan fingerprint density at radius 2 is 1.23 bits per heavy atom. The van der Waals surface area contributed by atoms with E-state index in [0.717, 1.165) is 44.8 Å². The van der Waals surface area contributed by atoms with Crippen LogP contribution in [0.1, 0.15) is 0 Å². The van der Waals surface area contributed by atoms with E-state index in [9.17, 15) is 0 Å². The Morgan fingerprint density at radius 3 is 2.09 bits per heavy atom. The van der Waals surface area contributed by atoms with Crippen molar-refractivity contribution in [1.29, 1.82) is 0 Å². The second kappa shape index (κ2) is 9.33. The van der Waals surface area contributed by atoms with Crippen LogP contribution in [0.2, 0.25) is 0 Å². The monoisotopic (exact) mass is 551 g/mol. The molecule has 4 nitrogen and oxygen atoms in total. The highest BCUT2D eigenvalue weighted by molar-refractivity contribution is 6.18. The maximum absolute atomic E-state index is 6.42. The van der Waals surface area contributed by atoms with Gasteiger partial charge in [0.25, 0.3) is 0 Å². The summed E-state index contributed by atoms with van der Waals surface area (Å²) < 4.78 is 8.82. The lowest BCUT2D eigenvalue weighted by Crippen LogP contribution is -2.10. The van der Waals surface area contributed by atoms with Crippen LogP contribution in [0.4, 0.5) is 17.1 Å². The third-order valence-electron chi connectivity index (χ3n) is 8.42. The molecule has 0 fully saturated rings. The zero-order valence-electron chi connectivity index (χ0n) is 23.2. The first-order valence-electron chi connectivity index (χ1n) is 14.5. The third-order valence-corrected chi connectivity index (χ3v) is 8.42. The molecule has 0 saturated carbocycles. The van der Waals surface area contributed by atoms with Gasteiger partial charge in [-0.15, -0.1) is 0 Å². The molecule has 43 heavy (non-hydrogen) atoms.